The van der Waals surface area contributed by atoms with Crippen LogP contribution >= 0.6 is 35.3 Å². The van der Waals surface area contributed by atoms with Gasteiger partial charge < -0.3 is 0 Å². The third-order valence-corrected chi connectivity index (χ3v) is 11.5. The van der Waals surface area contributed by atoms with E-state index in [0.29, 0.717) is 0 Å². The average molecular weight is 553 g/mol. The maximum absolute atomic E-state index is 2.43. The van der Waals surface area contributed by atoms with E-state index < -0.39 is 0 Å². The zero-order valence-corrected chi connectivity index (χ0v) is 27.5. The zero-order valence-electron chi connectivity index (χ0n) is 25.1. The molecule has 0 amide bonds. The minimum Gasteiger partial charge on any atom is -0.126 e. The quantitative estimate of drug-likeness (QED) is 0.0924. The fourth-order valence-corrected chi connectivity index (χ4v) is 8.82. The van der Waals surface area contributed by atoms with Crippen LogP contribution in [0.5, 0.6) is 0 Å². The molecule has 0 saturated carbocycles. The molecule has 0 spiro atoms. The second-order valence-electron chi connectivity index (χ2n) is 10.7. The van der Waals surface area contributed by atoms with Crippen LogP contribution in [0.25, 0.3) is 0 Å². The first-order valence-corrected chi connectivity index (χ1v) is 18.6. The van der Waals surface area contributed by atoms with Gasteiger partial charge >= 0.3 is 0 Å². The smallest absolute Gasteiger partial charge is 0.0251 e. The van der Waals surface area contributed by atoms with Crippen molar-refractivity contribution >= 4 is 35.3 Å². The molecule has 0 unspecified atom stereocenters. The van der Waals surface area contributed by atoms with Crippen molar-refractivity contribution in [3.05, 3.63) is 16.7 Å². The number of rotatable bonds is 24. The fourth-order valence-electron chi connectivity index (χ4n) is 4.80. The minimum absolute atomic E-state index is 1.28. The Morgan fingerprint density at radius 1 is 0.333 bits per heavy atom. The molecular weight excluding hydrogens is 493 g/mol. The van der Waals surface area contributed by atoms with Gasteiger partial charge in [-0.25, -0.2) is 0 Å². The minimum atomic E-state index is 1.28. The largest absolute Gasteiger partial charge is 0.126 e. The Hall–Kier alpha value is 0.270. The van der Waals surface area contributed by atoms with Crippen molar-refractivity contribution in [3.8, 4) is 0 Å². The normalized spacial score (nSPS) is 11.5. The third-order valence-electron chi connectivity index (χ3n) is 7.36. The van der Waals surface area contributed by atoms with E-state index in [1.165, 1.54) is 133 Å². The summed E-state index contributed by atoms with van der Waals surface area (Å²) in [6.45, 7) is 14.1. The Kier molecular flexibility index (Phi) is 22.1. The molecule has 210 valence electrons. The molecule has 0 aliphatic rings. The summed E-state index contributed by atoms with van der Waals surface area (Å²) in [6, 6.07) is 0. The molecule has 0 heterocycles. The van der Waals surface area contributed by atoms with Crippen LogP contribution in [-0.2, 0) is 0 Å². The van der Waals surface area contributed by atoms with Gasteiger partial charge in [0.2, 0.25) is 0 Å². The summed E-state index contributed by atoms with van der Waals surface area (Å²) in [5.41, 5.74) is 4.70. The van der Waals surface area contributed by atoms with E-state index in [1.807, 2.05) is 0 Å². The van der Waals surface area contributed by atoms with Gasteiger partial charge in [-0.1, -0.05) is 117 Å². The Balaban J connectivity index is 2.78. The number of thioether (sulfide) groups is 3. The van der Waals surface area contributed by atoms with Crippen molar-refractivity contribution in [2.45, 2.75) is 172 Å². The van der Waals surface area contributed by atoms with E-state index in [-0.39, 0.29) is 0 Å². The van der Waals surface area contributed by atoms with Crippen LogP contribution in [-0.4, -0.2) is 17.3 Å². The molecule has 36 heavy (non-hydrogen) atoms. The van der Waals surface area contributed by atoms with Gasteiger partial charge in [0.05, 0.1) is 0 Å². The van der Waals surface area contributed by atoms with Gasteiger partial charge in [0.25, 0.3) is 0 Å². The maximum Gasteiger partial charge on any atom is 0.0251 e. The summed E-state index contributed by atoms with van der Waals surface area (Å²) >= 11 is 6.47. The van der Waals surface area contributed by atoms with Crippen LogP contribution in [0.4, 0.5) is 0 Å². The van der Waals surface area contributed by atoms with E-state index >= 15 is 0 Å². The van der Waals surface area contributed by atoms with Gasteiger partial charge in [0.15, 0.2) is 0 Å². The first-order valence-electron chi connectivity index (χ1n) is 15.6. The molecule has 0 saturated heterocycles. The second kappa shape index (κ2) is 23.2. The van der Waals surface area contributed by atoms with E-state index in [2.05, 4.69) is 76.8 Å². The van der Waals surface area contributed by atoms with Crippen LogP contribution in [0.1, 0.15) is 153 Å². The van der Waals surface area contributed by atoms with Crippen LogP contribution in [0.15, 0.2) is 14.7 Å². The molecule has 1 aromatic carbocycles. The molecule has 0 N–H and O–H groups in total. The van der Waals surface area contributed by atoms with Gasteiger partial charge in [-0.2, -0.15) is 0 Å². The SMILES string of the molecule is CCCCCCCCSc1c(C)c(C)c(SCCCCCCCC)c(SCCCCCCCC)c1C. The fraction of sp³-hybridized carbons (Fsp3) is 0.818. The van der Waals surface area contributed by atoms with Gasteiger partial charge in [-0.15, -0.1) is 35.3 Å². The summed E-state index contributed by atoms with van der Waals surface area (Å²) in [4.78, 5) is 4.82. The summed E-state index contributed by atoms with van der Waals surface area (Å²) in [7, 11) is 0. The lowest BCUT2D eigenvalue weighted by Crippen LogP contribution is -2.00. The van der Waals surface area contributed by atoms with E-state index in [1.54, 1.807) is 31.4 Å². The number of unbranched alkanes of at least 4 members (excludes halogenated alkanes) is 15. The maximum atomic E-state index is 2.43. The summed E-state index contributed by atoms with van der Waals surface area (Å²) in [5.74, 6) is 3.83. The lowest BCUT2D eigenvalue weighted by Gasteiger charge is -2.22. The monoisotopic (exact) mass is 552 g/mol. The average Bonchev–Trinajstić information content (AvgIpc) is 2.88. The highest BCUT2D eigenvalue weighted by atomic mass is 32.2. The molecule has 0 atom stereocenters. The van der Waals surface area contributed by atoms with E-state index in [9.17, 15) is 0 Å². The molecule has 3 heteroatoms. The van der Waals surface area contributed by atoms with Gasteiger partial charge in [0, 0.05) is 14.7 Å². The molecular formula is C33H60S3. The van der Waals surface area contributed by atoms with E-state index in [0.717, 1.165) is 0 Å². The Morgan fingerprint density at radius 3 is 1.00 bits per heavy atom. The molecule has 0 fully saturated rings. The number of benzene rings is 1. The molecule has 0 aliphatic heterocycles. The predicted octanol–water partition coefficient (Wildman–Crippen LogP) is 13.0. The second-order valence-corrected chi connectivity index (χ2v) is 14.0. The topological polar surface area (TPSA) is 0 Å². The van der Waals surface area contributed by atoms with E-state index in [4.69, 9.17) is 0 Å². The molecule has 1 aromatic rings. The molecule has 0 aliphatic carbocycles. The number of hydrogen-bond acceptors (Lipinski definition) is 3. The van der Waals surface area contributed by atoms with Crippen LogP contribution in [0, 0.1) is 20.8 Å². The summed E-state index contributed by atoms with van der Waals surface area (Å²) in [6.07, 6.45) is 25.0. The summed E-state index contributed by atoms with van der Waals surface area (Å²) in [5, 5.41) is 0. The molecule has 0 bridgehead atoms. The predicted molar refractivity (Wildman–Crippen MR) is 173 cm³/mol. The van der Waals surface area contributed by atoms with Gasteiger partial charge in [-0.05, 0) is 74.0 Å². The molecule has 1 rings (SSSR count). The lowest BCUT2D eigenvalue weighted by molar-refractivity contribution is 0.626. The zero-order chi connectivity index (χ0) is 26.4. The molecule has 0 aromatic heterocycles. The van der Waals surface area contributed by atoms with Crippen molar-refractivity contribution in [2.24, 2.45) is 0 Å². The summed E-state index contributed by atoms with van der Waals surface area (Å²) < 4.78 is 0. The lowest BCUT2D eigenvalue weighted by atomic mass is 10.1. The van der Waals surface area contributed by atoms with Gasteiger partial charge in [-0.3, -0.25) is 0 Å². The first kappa shape index (κ1) is 34.3. The highest BCUT2D eigenvalue weighted by Gasteiger charge is 2.18. The highest BCUT2D eigenvalue weighted by Crippen LogP contribution is 2.44. The Labute approximate surface area is 240 Å². The third kappa shape index (κ3) is 14.4. The van der Waals surface area contributed by atoms with Crippen molar-refractivity contribution in [1.82, 2.24) is 0 Å². The van der Waals surface area contributed by atoms with Crippen molar-refractivity contribution in [1.29, 1.82) is 0 Å². The number of hydrogen-bond donors (Lipinski definition) is 0. The molecule has 0 nitrogen and oxygen atoms in total. The van der Waals surface area contributed by atoms with Crippen LogP contribution in [0.3, 0.4) is 0 Å². The van der Waals surface area contributed by atoms with Crippen molar-refractivity contribution < 1.29 is 0 Å². The first-order chi connectivity index (χ1) is 17.6. The van der Waals surface area contributed by atoms with Crippen LogP contribution < -0.4 is 0 Å². The standard InChI is InChI=1S/C33H60S3/c1-7-10-13-16-19-22-25-34-31-28(4)29(5)32(35-26-23-20-17-14-11-8-2)33(30(31)6)36-27-24-21-18-15-12-9-3/h7-27H2,1-6H3. The van der Waals surface area contributed by atoms with Crippen molar-refractivity contribution in [3.63, 3.8) is 0 Å². The van der Waals surface area contributed by atoms with Crippen LogP contribution in [0.2, 0.25) is 0 Å². The Bertz CT molecular complexity index is 668. The van der Waals surface area contributed by atoms with Crippen molar-refractivity contribution in [2.75, 3.05) is 17.3 Å². The molecule has 0 radical (unpaired) electrons. The van der Waals surface area contributed by atoms with Gasteiger partial charge in [0.1, 0.15) is 0 Å². The Morgan fingerprint density at radius 2 is 0.611 bits per heavy atom. The highest BCUT2D eigenvalue weighted by molar-refractivity contribution is 8.02.